The molecule has 0 spiro atoms. The van der Waals surface area contributed by atoms with E-state index in [0.717, 1.165) is 12.1 Å². The first-order valence-corrected chi connectivity index (χ1v) is 6.89. The Bertz CT molecular complexity index is 508. The first kappa shape index (κ1) is 13.7. The van der Waals surface area contributed by atoms with Crippen LogP contribution in [0, 0.1) is 6.92 Å². The number of nitrogens with zero attached hydrogens (tertiary/aromatic N) is 2. The molecule has 1 heterocycles. The third-order valence-electron chi connectivity index (χ3n) is 2.97. The fourth-order valence-corrected chi connectivity index (χ4v) is 1.92. The van der Waals surface area contributed by atoms with Crippen LogP contribution in [0.1, 0.15) is 37.6 Å². The molecule has 1 N–H and O–H groups in total. The molecule has 0 fully saturated rings. The van der Waals surface area contributed by atoms with Crippen molar-refractivity contribution < 1.29 is 4.42 Å². The van der Waals surface area contributed by atoms with Gasteiger partial charge >= 0.3 is 0 Å². The first-order chi connectivity index (χ1) is 9.29. The van der Waals surface area contributed by atoms with Crippen LogP contribution in [0.25, 0.3) is 11.5 Å². The Kier molecular flexibility index (Phi) is 5.10. The number of benzene rings is 1. The number of rotatable bonds is 7. The minimum absolute atomic E-state index is 0.592. The highest BCUT2D eigenvalue weighted by molar-refractivity contribution is 5.53. The minimum Gasteiger partial charge on any atom is -0.419 e. The van der Waals surface area contributed by atoms with Gasteiger partial charge in [-0.3, -0.25) is 0 Å². The lowest BCUT2D eigenvalue weighted by atomic mass is 10.1. The van der Waals surface area contributed by atoms with E-state index in [9.17, 15) is 0 Å². The molecule has 0 amide bonds. The van der Waals surface area contributed by atoms with Gasteiger partial charge in [-0.25, -0.2) is 0 Å². The SMILES string of the molecule is CCCCCNCc1nnc(-c2cccc(C)c2)o1. The fraction of sp³-hybridized carbons (Fsp3) is 0.467. The standard InChI is InChI=1S/C15H21N3O/c1-3-4-5-9-16-11-14-17-18-15(19-14)13-8-6-7-12(2)10-13/h6-8,10,16H,3-5,9,11H2,1-2H3. The zero-order valence-electron chi connectivity index (χ0n) is 11.6. The van der Waals surface area contributed by atoms with Crippen molar-refractivity contribution in [2.75, 3.05) is 6.54 Å². The van der Waals surface area contributed by atoms with E-state index in [1.54, 1.807) is 0 Å². The summed E-state index contributed by atoms with van der Waals surface area (Å²) in [5.41, 5.74) is 2.17. The van der Waals surface area contributed by atoms with E-state index in [1.807, 2.05) is 18.2 Å². The van der Waals surface area contributed by atoms with Crippen LogP contribution < -0.4 is 5.32 Å². The Morgan fingerprint density at radius 2 is 2.11 bits per heavy atom. The largest absolute Gasteiger partial charge is 0.419 e. The normalized spacial score (nSPS) is 10.8. The molecule has 2 aromatic rings. The summed E-state index contributed by atoms with van der Waals surface area (Å²) in [6.45, 7) is 5.89. The van der Waals surface area contributed by atoms with Gasteiger partial charge in [-0.1, -0.05) is 37.5 Å². The third-order valence-corrected chi connectivity index (χ3v) is 2.97. The van der Waals surface area contributed by atoms with Gasteiger partial charge in [0.05, 0.1) is 6.54 Å². The van der Waals surface area contributed by atoms with Crippen molar-refractivity contribution in [3.63, 3.8) is 0 Å². The Hall–Kier alpha value is -1.68. The maximum absolute atomic E-state index is 5.65. The molecule has 0 saturated heterocycles. The summed E-state index contributed by atoms with van der Waals surface area (Å²) < 4.78 is 5.65. The molecule has 0 bridgehead atoms. The van der Waals surface area contributed by atoms with E-state index in [4.69, 9.17) is 4.42 Å². The summed E-state index contributed by atoms with van der Waals surface area (Å²) in [6.07, 6.45) is 3.68. The number of hydrogen-bond acceptors (Lipinski definition) is 4. The predicted octanol–water partition coefficient (Wildman–Crippen LogP) is 3.32. The van der Waals surface area contributed by atoms with E-state index < -0.39 is 0 Å². The van der Waals surface area contributed by atoms with Crippen molar-refractivity contribution in [2.24, 2.45) is 0 Å². The highest BCUT2D eigenvalue weighted by Gasteiger charge is 2.07. The van der Waals surface area contributed by atoms with E-state index in [1.165, 1.54) is 24.8 Å². The molecule has 0 saturated carbocycles. The molecule has 102 valence electrons. The van der Waals surface area contributed by atoms with Gasteiger partial charge in [0.1, 0.15) is 0 Å². The van der Waals surface area contributed by atoms with Crippen molar-refractivity contribution in [3.05, 3.63) is 35.7 Å². The maximum atomic E-state index is 5.65. The van der Waals surface area contributed by atoms with Gasteiger partial charge in [0.25, 0.3) is 0 Å². The Balaban J connectivity index is 1.88. The molecule has 0 radical (unpaired) electrons. The van der Waals surface area contributed by atoms with Gasteiger partial charge in [-0.15, -0.1) is 10.2 Å². The number of nitrogens with one attached hydrogen (secondary N) is 1. The van der Waals surface area contributed by atoms with Crippen LogP contribution >= 0.6 is 0 Å². The molecule has 1 aromatic carbocycles. The van der Waals surface area contributed by atoms with Crippen LogP contribution in [0.3, 0.4) is 0 Å². The second-order valence-corrected chi connectivity index (χ2v) is 4.75. The van der Waals surface area contributed by atoms with Gasteiger partial charge in [-0.05, 0) is 32.0 Å². The molecule has 4 heteroatoms. The van der Waals surface area contributed by atoms with E-state index in [2.05, 4.69) is 35.4 Å². The second kappa shape index (κ2) is 7.04. The summed E-state index contributed by atoms with van der Waals surface area (Å²) in [4.78, 5) is 0. The topological polar surface area (TPSA) is 51.0 Å². The summed E-state index contributed by atoms with van der Waals surface area (Å²) in [6, 6.07) is 8.08. The lowest BCUT2D eigenvalue weighted by Crippen LogP contribution is -2.14. The number of aromatic nitrogens is 2. The zero-order chi connectivity index (χ0) is 13.5. The molecule has 2 rings (SSSR count). The zero-order valence-corrected chi connectivity index (χ0v) is 11.6. The molecular weight excluding hydrogens is 238 g/mol. The fourth-order valence-electron chi connectivity index (χ4n) is 1.92. The van der Waals surface area contributed by atoms with Gasteiger partial charge in [-0.2, -0.15) is 0 Å². The minimum atomic E-state index is 0.592. The molecule has 4 nitrogen and oxygen atoms in total. The van der Waals surface area contributed by atoms with Crippen LogP contribution in [0.15, 0.2) is 28.7 Å². The van der Waals surface area contributed by atoms with Crippen molar-refractivity contribution in [2.45, 2.75) is 39.7 Å². The molecule has 0 aliphatic heterocycles. The average molecular weight is 259 g/mol. The third kappa shape index (κ3) is 4.17. The average Bonchev–Trinajstić information content (AvgIpc) is 2.87. The predicted molar refractivity (Wildman–Crippen MR) is 75.7 cm³/mol. The molecule has 1 aromatic heterocycles. The summed E-state index contributed by atoms with van der Waals surface area (Å²) in [5, 5.41) is 11.5. The van der Waals surface area contributed by atoms with Crippen LogP contribution in [-0.2, 0) is 6.54 Å². The quantitative estimate of drug-likeness (QED) is 0.775. The van der Waals surface area contributed by atoms with Crippen LogP contribution in [0.4, 0.5) is 0 Å². The first-order valence-electron chi connectivity index (χ1n) is 6.89. The van der Waals surface area contributed by atoms with E-state index >= 15 is 0 Å². The van der Waals surface area contributed by atoms with Gasteiger partial charge in [0.2, 0.25) is 11.8 Å². The van der Waals surface area contributed by atoms with Crippen molar-refractivity contribution in [3.8, 4) is 11.5 Å². The van der Waals surface area contributed by atoms with Crippen LogP contribution in [-0.4, -0.2) is 16.7 Å². The Labute approximate surface area is 114 Å². The summed E-state index contributed by atoms with van der Waals surface area (Å²) in [5.74, 6) is 1.24. The maximum Gasteiger partial charge on any atom is 0.247 e. The van der Waals surface area contributed by atoms with Gasteiger partial charge < -0.3 is 9.73 Å². The van der Waals surface area contributed by atoms with Gasteiger partial charge in [0.15, 0.2) is 0 Å². The summed E-state index contributed by atoms with van der Waals surface area (Å²) in [7, 11) is 0. The smallest absolute Gasteiger partial charge is 0.247 e. The molecule has 19 heavy (non-hydrogen) atoms. The van der Waals surface area contributed by atoms with Gasteiger partial charge in [0, 0.05) is 5.56 Å². The molecule has 0 aliphatic rings. The second-order valence-electron chi connectivity index (χ2n) is 4.75. The monoisotopic (exact) mass is 259 g/mol. The number of unbranched alkanes of at least 4 members (excludes halogenated alkanes) is 2. The van der Waals surface area contributed by atoms with E-state index in [-0.39, 0.29) is 0 Å². The Morgan fingerprint density at radius 1 is 1.21 bits per heavy atom. The molecule has 0 aliphatic carbocycles. The lowest BCUT2D eigenvalue weighted by Gasteiger charge is -2.00. The number of hydrogen-bond donors (Lipinski definition) is 1. The lowest BCUT2D eigenvalue weighted by molar-refractivity contribution is 0.473. The number of aryl methyl sites for hydroxylation is 1. The molecule has 0 atom stereocenters. The highest BCUT2D eigenvalue weighted by atomic mass is 16.4. The summed E-state index contributed by atoms with van der Waals surface area (Å²) >= 11 is 0. The van der Waals surface area contributed by atoms with Crippen molar-refractivity contribution in [1.82, 2.24) is 15.5 Å². The van der Waals surface area contributed by atoms with Crippen LogP contribution in [0.5, 0.6) is 0 Å². The van der Waals surface area contributed by atoms with Crippen molar-refractivity contribution >= 4 is 0 Å². The molecule has 0 unspecified atom stereocenters. The highest BCUT2D eigenvalue weighted by Crippen LogP contribution is 2.18. The van der Waals surface area contributed by atoms with Crippen LogP contribution in [0.2, 0.25) is 0 Å². The van der Waals surface area contributed by atoms with Crippen molar-refractivity contribution in [1.29, 1.82) is 0 Å². The molecular formula is C15H21N3O. The van der Waals surface area contributed by atoms with E-state index in [0.29, 0.717) is 18.3 Å². The Morgan fingerprint density at radius 3 is 2.89 bits per heavy atom.